The van der Waals surface area contributed by atoms with Crippen LogP contribution in [0.5, 0.6) is 5.75 Å². The molecule has 4 aromatic rings. The minimum absolute atomic E-state index is 0.0348. The summed E-state index contributed by atoms with van der Waals surface area (Å²) in [6.07, 6.45) is 0.232. The van der Waals surface area contributed by atoms with Crippen LogP contribution in [0.3, 0.4) is 0 Å². The van der Waals surface area contributed by atoms with Crippen LogP contribution in [0.15, 0.2) is 108 Å². The van der Waals surface area contributed by atoms with E-state index >= 15 is 0 Å². The van der Waals surface area contributed by atoms with Crippen LogP contribution in [0.25, 0.3) is 0 Å². The van der Waals surface area contributed by atoms with Gasteiger partial charge in [0.05, 0.1) is 17.7 Å². The van der Waals surface area contributed by atoms with Crippen molar-refractivity contribution in [2.45, 2.75) is 37.8 Å². The molecule has 0 aliphatic carbocycles. The molecule has 0 aliphatic rings. The molecule has 2 amide bonds. The van der Waals surface area contributed by atoms with Crippen molar-refractivity contribution in [3.63, 3.8) is 0 Å². The van der Waals surface area contributed by atoms with Gasteiger partial charge in [0, 0.05) is 30.6 Å². The van der Waals surface area contributed by atoms with Crippen molar-refractivity contribution in [3.8, 4) is 5.75 Å². The van der Waals surface area contributed by atoms with Crippen LogP contribution in [-0.2, 0) is 32.6 Å². The number of carbonyl (C=O) groups excluding carboxylic acids is 2. The maximum atomic E-state index is 14.4. The van der Waals surface area contributed by atoms with Gasteiger partial charge in [0.2, 0.25) is 11.8 Å². The smallest absolute Gasteiger partial charge is 0.264 e. The summed E-state index contributed by atoms with van der Waals surface area (Å²) in [4.78, 5) is 29.4. The van der Waals surface area contributed by atoms with Crippen LogP contribution >= 0.6 is 11.6 Å². The topological polar surface area (TPSA) is 96.0 Å². The van der Waals surface area contributed by atoms with Gasteiger partial charge in [0.1, 0.15) is 18.3 Å². The minimum atomic E-state index is -4.21. The summed E-state index contributed by atoms with van der Waals surface area (Å²) in [5, 5.41) is 3.39. The van der Waals surface area contributed by atoms with Crippen molar-refractivity contribution in [2.24, 2.45) is 0 Å². The quantitative estimate of drug-likeness (QED) is 0.206. The van der Waals surface area contributed by atoms with Crippen molar-refractivity contribution >= 4 is 39.1 Å². The lowest BCUT2D eigenvalue weighted by Crippen LogP contribution is -2.53. The zero-order valence-corrected chi connectivity index (χ0v) is 26.5. The van der Waals surface area contributed by atoms with Crippen LogP contribution in [0.2, 0.25) is 5.02 Å². The molecular weight excluding hydrogens is 598 g/mol. The number of halogens is 1. The van der Waals surface area contributed by atoms with Gasteiger partial charge in [-0.2, -0.15) is 0 Å². The van der Waals surface area contributed by atoms with Crippen LogP contribution in [0, 0.1) is 6.92 Å². The molecule has 44 heavy (non-hydrogen) atoms. The number of anilines is 1. The Morgan fingerprint density at radius 3 is 2.20 bits per heavy atom. The molecule has 1 atom stereocenters. The zero-order valence-electron chi connectivity index (χ0n) is 24.9. The number of ether oxygens (including phenoxy) is 1. The van der Waals surface area contributed by atoms with E-state index in [1.54, 1.807) is 60.7 Å². The summed E-state index contributed by atoms with van der Waals surface area (Å²) in [5.74, 6) is -0.458. The molecule has 0 aromatic heterocycles. The fourth-order valence-corrected chi connectivity index (χ4v) is 6.30. The van der Waals surface area contributed by atoms with Gasteiger partial charge in [-0.05, 0) is 61.4 Å². The van der Waals surface area contributed by atoms with E-state index in [1.165, 1.54) is 24.1 Å². The average molecular weight is 634 g/mol. The first-order chi connectivity index (χ1) is 21.1. The van der Waals surface area contributed by atoms with E-state index in [-0.39, 0.29) is 29.5 Å². The lowest BCUT2D eigenvalue weighted by atomic mass is 10.0. The third kappa shape index (κ3) is 8.18. The fraction of sp³-hybridized carbons (Fsp3) is 0.235. The van der Waals surface area contributed by atoms with Crippen LogP contribution in [0.4, 0.5) is 5.69 Å². The third-order valence-corrected chi connectivity index (χ3v) is 9.16. The number of methoxy groups -OCH3 is 1. The summed E-state index contributed by atoms with van der Waals surface area (Å²) >= 11 is 6.12. The number of hydrogen-bond acceptors (Lipinski definition) is 5. The van der Waals surface area contributed by atoms with Crippen molar-refractivity contribution in [2.75, 3.05) is 24.5 Å². The number of hydrogen-bond donors (Lipinski definition) is 1. The molecule has 1 unspecified atom stereocenters. The molecule has 0 spiro atoms. The summed E-state index contributed by atoms with van der Waals surface area (Å²) in [6.45, 7) is 3.54. The van der Waals surface area contributed by atoms with E-state index in [2.05, 4.69) is 5.32 Å². The Balaban J connectivity index is 1.80. The van der Waals surface area contributed by atoms with E-state index < -0.39 is 28.5 Å². The van der Waals surface area contributed by atoms with Gasteiger partial charge in [0.15, 0.2) is 0 Å². The predicted octanol–water partition coefficient (Wildman–Crippen LogP) is 5.63. The van der Waals surface area contributed by atoms with Crippen LogP contribution in [-0.4, -0.2) is 51.4 Å². The largest absolute Gasteiger partial charge is 0.497 e. The second kappa shape index (κ2) is 14.9. The number of nitrogens with one attached hydrogen (secondary N) is 1. The molecular formula is C34H36ClN3O5S. The van der Waals surface area contributed by atoms with Crippen molar-refractivity contribution in [3.05, 3.63) is 125 Å². The summed E-state index contributed by atoms with van der Waals surface area (Å²) in [7, 11) is -2.72. The third-order valence-electron chi connectivity index (χ3n) is 7.12. The summed E-state index contributed by atoms with van der Waals surface area (Å²) in [6, 6.07) is 28.4. The van der Waals surface area contributed by atoms with Gasteiger partial charge in [-0.1, -0.05) is 77.8 Å². The number of nitrogens with zero attached hydrogens (tertiary/aromatic N) is 2. The van der Waals surface area contributed by atoms with E-state index in [0.717, 1.165) is 21.0 Å². The minimum Gasteiger partial charge on any atom is -0.497 e. The van der Waals surface area contributed by atoms with Gasteiger partial charge < -0.3 is 15.0 Å². The van der Waals surface area contributed by atoms with Gasteiger partial charge >= 0.3 is 0 Å². The Bertz CT molecular complexity index is 1660. The first kappa shape index (κ1) is 32.6. The standard InChI is InChI=1S/C34H36ClN3O5S/c1-4-36-34(40)32(21-26-9-6-5-7-10-26)37(23-27-15-17-28(35)18-16-27)33(39)24-38(29-11-8-12-30(22-29)43-3)44(41,42)31-19-13-25(2)14-20-31/h5-20,22,32H,4,21,23-24H2,1-3H3,(H,36,40). The number of aryl methyl sites for hydroxylation is 1. The van der Waals surface area contributed by atoms with Crippen LogP contribution < -0.4 is 14.4 Å². The number of amides is 2. The SMILES string of the molecule is CCNC(=O)C(Cc1ccccc1)N(Cc1ccc(Cl)cc1)C(=O)CN(c1cccc(OC)c1)S(=O)(=O)c1ccc(C)cc1. The summed E-state index contributed by atoms with van der Waals surface area (Å²) in [5.41, 5.74) is 2.74. The van der Waals surface area contributed by atoms with Gasteiger partial charge in [0.25, 0.3) is 10.0 Å². The number of sulfonamides is 1. The highest BCUT2D eigenvalue weighted by Crippen LogP contribution is 2.28. The molecule has 230 valence electrons. The average Bonchev–Trinajstić information content (AvgIpc) is 3.03. The monoisotopic (exact) mass is 633 g/mol. The second-order valence-electron chi connectivity index (χ2n) is 10.3. The molecule has 0 radical (unpaired) electrons. The fourth-order valence-electron chi connectivity index (χ4n) is 4.76. The Morgan fingerprint density at radius 1 is 0.886 bits per heavy atom. The molecule has 0 saturated heterocycles. The first-order valence-corrected chi connectivity index (χ1v) is 16.0. The number of likely N-dealkylation sites (N-methyl/N-ethyl adjacent to an activating group) is 1. The first-order valence-electron chi connectivity index (χ1n) is 14.2. The highest BCUT2D eigenvalue weighted by atomic mass is 35.5. The zero-order chi connectivity index (χ0) is 31.7. The Labute approximate surface area is 264 Å². The number of benzene rings is 4. The summed E-state index contributed by atoms with van der Waals surface area (Å²) < 4.78 is 34.7. The van der Waals surface area contributed by atoms with E-state index in [4.69, 9.17) is 16.3 Å². The van der Waals surface area contributed by atoms with Gasteiger partial charge in [-0.15, -0.1) is 0 Å². The van der Waals surface area contributed by atoms with Gasteiger partial charge in [-0.3, -0.25) is 13.9 Å². The molecule has 0 aliphatic heterocycles. The van der Waals surface area contributed by atoms with Crippen molar-refractivity contribution in [1.82, 2.24) is 10.2 Å². The molecule has 4 aromatic carbocycles. The van der Waals surface area contributed by atoms with E-state index in [9.17, 15) is 18.0 Å². The van der Waals surface area contributed by atoms with E-state index in [0.29, 0.717) is 17.3 Å². The Hall–Kier alpha value is -4.34. The van der Waals surface area contributed by atoms with Crippen LogP contribution in [0.1, 0.15) is 23.6 Å². The molecule has 1 N–H and O–H groups in total. The van der Waals surface area contributed by atoms with Crippen molar-refractivity contribution in [1.29, 1.82) is 0 Å². The molecule has 0 saturated carbocycles. The van der Waals surface area contributed by atoms with Gasteiger partial charge in [-0.25, -0.2) is 8.42 Å². The Kier molecular flexibility index (Phi) is 11.0. The molecule has 0 fully saturated rings. The lowest BCUT2D eigenvalue weighted by molar-refractivity contribution is -0.140. The second-order valence-corrected chi connectivity index (χ2v) is 12.6. The lowest BCUT2D eigenvalue weighted by Gasteiger charge is -2.34. The Morgan fingerprint density at radius 2 is 1.57 bits per heavy atom. The molecule has 10 heteroatoms. The molecule has 0 heterocycles. The van der Waals surface area contributed by atoms with Crippen molar-refractivity contribution < 1.29 is 22.7 Å². The highest BCUT2D eigenvalue weighted by Gasteiger charge is 2.34. The number of carbonyl (C=O) groups is 2. The normalized spacial score (nSPS) is 11.8. The molecule has 8 nitrogen and oxygen atoms in total. The highest BCUT2D eigenvalue weighted by molar-refractivity contribution is 7.92. The predicted molar refractivity (Wildman–Crippen MR) is 173 cm³/mol. The number of rotatable bonds is 13. The van der Waals surface area contributed by atoms with E-state index in [1.807, 2.05) is 44.2 Å². The molecule has 0 bridgehead atoms. The maximum absolute atomic E-state index is 14.4. The molecule has 4 rings (SSSR count). The maximum Gasteiger partial charge on any atom is 0.264 e.